The van der Waals surface area contributed by atoms with Crippen LogP contribution in [-0.2, 0) is 16.0 Å². The highest BCUT2D eigenvalue weighted by atomic mass is 16.2. The van der Waals surface area contributed by atoms with E-state index in [1.807, 2.05) is 18.2 Å². The third-order valence-corrected chi connectivity index (χ3v) is 5.00. The van der Waals surface area contributed by atoms with Crippen LogP contribution in [0.1, 0.15) is 31.2 Å². The van der Waals surface area contributed by atoms with Gasteiger partial charge in [0, 0.05) is 6.54 Å². The minimum Gasteiger partial charge on any atom is -0.368 e. The number of nitrogens with two attached hydrogens (primary N) is 1. The second-order valence-corrected chi connectivity index (χ2v) is 6.54. The number of hydrogen-bond acceptors (Lipinski definition) is 3. The van der Waals surface area contributed by atoms with Gasteiger partial charge in [0.2, 0.25) is 11.8 Å². The van der Waals surface area contributed by atoms with Crippen LogP contribution in [-0.4, -0.2) is 53.3 Å². The first-order valence-electron chi connectivity index (χ1n) is 8.54. The standard InChI is InChI=1S/C18H25N3O2/c19-17(22)15-9-6-12-21(15)18(23)16(20-10-4-5-11-20)13-14-7-2-1-3-8-14/h1-3,7-8,15-16H,4-6,9-13H2,(H2,19,22)/t15-,16-/m0/s1. The van der Waals surface area contributed by atoms with Crippen molar-refractivity contribution in [3.63, 3.8) is 0 Å². The Labute approximate surface area is 137 Å². The number of carbonyl (C=O) groups is 2. The summed E-state index contributed by atoms with van der Waals surface area (Å²) in [6.45, 7) is 2.56. The number of nitrogens with zero attached hydrogens (tertiary/aromatic N) is 2. The normalized spacial score (nSPS) is 23.1. The van der Waals surface area contributed by atoms with E-state index in [1.165, 1.54) is 0 Å². The van der Waals surface area contributed by atoms with Crippen molar-refractivity contribution < 1.29 is 9.59 Å². The number of primary amides is 1. The molecule has 2 N–H and O–H groups in total. The molecule has 2 aliphatic rings. The van der Waals surface area contributed by atoms with E-state index >= 15 is 0 Å². The molecule has 124 valence electrons. The van der Waals surface area contributed by atoms with Gasteiger partial charge in [-0.1, -0.05) is 30.3 Å². The maximum absolute atomic E-state index is 13.1. The molecule has 2 heterocycles. The summed E-state index contributed by atoms with van der Waals surface area (Å²) in [7, 11) is 0. The lowest BCUT2D eigenvalue weighted by Gasteiger charge is -2.32. The van der Waals surface area contributed by atoms with Gasteiger partial charge in [-0.3, -0.25) is 14.5 Å². The van der Waals surface area contributed by atoms with Gasteiger partial charge in [0.15, 0.2) is 0 Å². The molecule has 1 aromatic rings. The Morgan fingerprint density at radius 3 is 2.43 bits per heavy atom. The summed E-state index contributed by atoms with van der Waals surface area (Å²) in [4.78, 5) is 28.7. The van der Waals surface area contributed by atoms with Crippen molar-refractivity contribution in [2.75, 3.05) is 19.6 Å². The molecule has 2 amide bonds. The van der Waals surface area contributed by atoms with E-state index < -0.39 is 6.04 Å². The third-order valence-electron chi connectivity index (χ3n) is 5.00. The Kier molecular flexibility index (Phi) is 4.96. The third kappa shape index (κ3) is 3.55. The van der Waals surface area contributed by atoms with Crippen LogP contribution >= 0.6 is 0 Å². The number of carbonyl (C=O) groups excluding carboxylic acids is 2. The zero-order valence-electron chi connectivity index (χ0n) is 13.5. The summed E-state index contributed by atoms with van der Waals surface area (Å²) in [6, 6.07) is 9.51. The molecule has 2 atom stereocenters. The average Bonchev–Trinajstić information content (AvgIpc) is 3.24. The van der Waals surface area contributed by atoms with Crippen molar-refractivity contribution in [1.29, 1.82) is 0 Å². The fourth-order valence-corrected chi connectivity index (χ4v) is 3.78. The molecule has 0 spiro atoms. The SMILES string of the molecule is NC(=O)[C@@H]1CCCN1C(=O)[C@H](Cc1ccccc1)N1CCCC1. The van der Waals surface area contributed by atoms with Gasteiger partial charge in [-0.25, -0.2) is 0 Å². The first-order valence-corrected chi connectivity index (χ1v) is 8.54. The van der Waals surface area contributed by atoms with E-state index in [9.17, 15) is 9.59 Å². The molecular weight excluding hydrogens is 290 g/mol. The number of hydrogen-bond donors (Lipinski definition) is 1. The molecule has 5 nitrogen and oxygen atoms in total. The molecule has 0 aliphatic carbocycles. The lowest BCUT2D eigenvalue weighted by molar-refractivity contribution is -0.141. The van der Waals surface area contributed by atoms with Gasteiger partial charge >= 0.3 is 0 Å². The number of benzene rings is 1. The lowest BCUT2D eigenvalue weighted by Crippen LogP contribution is -2.53. The first kappa shape index (κ1) is 16.0. The summed E-state index contributed by atoms with van der Waals surface area (Å²) in [6.07, 6.45) is 4.52. The highest BCUT2D eigenvalue weighted by Gasteiger charge is 2.38. The van der Waals surface area contributed by atoms with E-state index in [0.717, 1.165) is 37.9 Å². The van der Waals surface area contributed by atoms with Crippen molar-refractivity contribution in [2.24, 2.45) is 5.73 Å². The number of likely N-dealkylation sites (tertiary alicyclic amines) is 2. The molecule has 23 heavy (non-hydrogen) atoms. The Morgan fingerprint density at radius 1 is 1.09 bits per heavy atom. The van der Waals surface area contributed by atoms with Crippen molar-refractivity contribution in [2.45, 2.75) is 44.2 Å². The molecule has 0 bridgehead atoms. The van der Waals surface area contributed by atoms with Crippen LogP contribution in [0.5, 0.6) is 0 Å². The summed E-state index contributed by atoms with van der Waals surface area (Å²) >= 11 is 0. The average molecular weight is 315 g/mol. The van der Waals surface area contributed by atoms with Crippen molar-refractivity contribution >= 4 is 11.8 Å². The fourth-order valence-electron chi connectivity index (χ4n) is 3.78. The van der Waals surface area contributed by atoms with E-state index in [0.29, 0.717) is 19.4 Å². The Morgan fingerprint density at radius 2 is 1.78 bits per heavy atom. The lowest BCUT2D eigenvalue weighted by atomic mass is 10.0. The molecule has 3 rings (SSSR count). The van der Waals surface area contributed by atoms with E-state index in [-0.39, 0.29) is 17.9 Å². The topological polar surface area (TPSA) is 66.6 Å². The second kappa shape index (κ2) is 7.13. The zero-order valence-corrected chi connectivity index (χ0v) is 13.5. The zero-order chi connectivity index (χ0) is 16.2. The van der Waals surface area contributed by atoms with Gasteiger partial charge in [0.05, 0.1) is 6.04 Å². The summed E-state index contributed by atoms with van der Waals surface area (Å²) < 4.78 is 0. The Balaban J connectivity index is 1.79. The fraction of sp³-hybridized carbons (Fsp3) is 0.556. The van der Waals surface area contributed by atoms with Crippen LogP contribution in [0, 0.1) is 0 Å². The van der Waals surface area contributed by atoms with E-state index in [1.54, 1.807) is 4.90 Å². The molecule has 0 unspecified atom stereocenters. The van der Waals surface area contributed by atoms with E-state index in [2.05, 4.69) is 17.0 Å². The Hall–Kier alpha value is -1.88. The Bertz CT molecular complexity index is 555. The molecule has 0 saturated carbocycles. The van der Waals surface area contributed by atoms with Gasteiger partial charge < -0.3 is 10.6 Å². The van der Waals surface area contributed by atoms with Crippen LogP contribution in [0.15, 0.2) is 30.3 Å². The van der Waals surface area contributed by atoms with Gasteiger partial charge in [-0.15, -0.1) is 0 Å². The number of amides is 2. The predicted molar refractivity (Wildman–Crippen MR) is 88.7 cm³/mol. The largest absolute Gasteiger partial charge is 0.368 e. The number of rotatable bonds is 5. The first-order chi connectivity index (χ1) is 11.2. The van der Waals surface area contributed by atoms with Crippen molar-refractivity contribution in [3.05, 3.63) is 35.9 Å². The minimum atomic E-state index is -0.427. The molecule has 2 saturated heterocycles. The highest BCUT2D eigenvalue weighted by molar-refractivity contribution is 5.89. The molecule has 0 radical (unpaired) electrons. The van der Waals surface area contributed by atoms with Crippen LogP contribution in [0.2, 0.25) is 0 Å². The second-order valence-electron chi connectivity index (χ2n) is 6.54. The molecule has 2 fully saturated rings. The molecule has 1 aromatic carbocycles. The summed E-state index contributed by atoms with van der Waals surface area (Å²) in [5, 5.41) is 0. The van der Waals surface area contributed by atoms with Gasteiger partial charge in [-0.2, -0.15) is 0 Å². The van der Waals surface area contributed by atoms with Crippen LogP contribution in [0.3, 0.4) is 0 Å². The smallest absolute Gasteiger partial charge is 0.240 e. The predicted octanol–water partition coefficient (Wildman–Crippen LogP) is 1.17. The molecule has 2 aliphatic heterocycles. The minimum absolute atomic E-state index is 0.0667. The van der Waals surface area contributed by atoms with Crippen molar-refractivity contribution in [1.82, 2.24) is 9.80 Å². The molecule has 5 heteroatoms. The van der Waals surface area contributed by atoms with Gasteiger partial charge in [0.1, 0.15) is 6.04 Å². The maximum atomic E-state index is 13.1. The van der Waals surface area contributed by atoms with Crippen molar-refractivity contribution in [3.8, 4) is 0 Å². The molecular formula is C18H25N3O2. The van der Waals surface area contributed by atoms with Crippen LogP contribution in [0.25, 0.3) is 0 Å². The van der Waals surface area contributed by atoms with Gasteiger partial charge in [0.25, 0.3) is 0 Å². The van der Waals surface area contributed by atoms with Crippen LogP contribution < -0.4 is 5.73 Å². The van der Waals surface area contributed by atoms with Crippen LogP contribution in [0.4, 0.5) is 0 Å². The quantitative estimate of drug-likeness (QED) is 0.887. The maximum Gasteiger partial charge on any atom is 0.240 e. The van der Waals surface area contributed by atoms with Gasteiger partial charge in [-0.05, 0) is 50.8 Å². The monoisotopic (exact) mass is 315 g/mol. The molecule has 0 aromatic heterocycles. The van der Waals surface area contributed by atoms with E-state index in [4.69, 9.17) is 5.73 Å². The summed E-state index contributed by atoms with van der Waals surface area (Å²) in [5.41, 5.74) is 6.65. The highest BCUT2D eigenvalue weighted by Crippen LogP contribution is 2.23. The summed E-state index contributed by atoms with van der Waals surface area (Å²) in [5.74, 6) is -0.312.